The standard InChI is InChI=1S/C13H18BrN3O/c1-16-13(18)9-4-6-17(7-5-9)12-3-2-10(15)8-11(12)14/h2-3,8-9H,4-7,15H2,1H3,(H,16,18). The van der Waals surface area contributed by atoms with Gasteiger partial charge in [0.25, 0.3) is 0 Å². The van der Waals surface area contributed by atoms with Gasteiger partial charge in [0.15, 0.2) is 0 Å². The first-order chi connectivity index (χ1) is 8.61. The van der Waals surface area contributed by atoms with E-state index in [4.69, 9.17) is 5.73 Å². The van der Waals surface area contributed by atoms with Crippen molar-refractivity contribution < 1.29 is 4.79 Å². The van der Waals surface area contributed by atoms with Crippen LogP contribution < -0.4 is 16.0 Å². The SMILES string of the molecule is CNC(=O)C1CCN(c2ccc(N)cc2Br)CC1. The Labute approximate surface area is 116 Å². The number of nitrogen functional groups attached to an aromatic ring is 1. The van der Waals surface area contributed by atoms with Gasteiger partial charge in [-0.15, -0.1) is 0 Å². The molecule has 1 fully saturated rings. The van der Waals surface area contributed by atoms with E-state index in [-0.39, 0.29) is 11.8 Å². The molecule has 18 heavy (non-hydrogen) atoms. The Hall–Kier alpha value is -1.23. The zero-order valence-electron chi connectivity index (χ0n) is 10.4. The van der Waals surface area contributed by atoms with Crippen molar-refractivity contribution in [3.63, 3.8) is 0 Å². The largest absolute Gasteiger partial charge is 0.399 e. The smallest absolute Gasteiger partial charge is 0.222 e. The summed E-state index contributed by atoms with van der Waals surface area (Å²) in [5.41, 5.74) is 7.64. The van der Waals surface area contributed by atoms with E-state index in [0.717, 1.165) is 41.8 Å². The summed E-state index contributed by atoms with van der Waals surface area (Å²) in [6.07, 6.45) is 1.80. The zero-order chi connectivity index (χ0) is 13.1. The fourth-order valence-corrected chi connectivity index (χ4v) is 3.01. The molecule has 98 valence electrons. The molecule has 3 N–H and O–H groups in total. The lowest BCUT2D eigenvalue weighted by Crippen LogP contribution is -2.39. The molecular formula is C13H18BrN3O. The summed E-state index contributed by atoms with van der Waals surface area (Å²) in [7, 11) is 1.70. The summed E-state index contributed by atoms with van der Waals surface area (Å²) >= 11 is 3.54. The van der Waals surface area contributed by atoms with Crippen molar-refractivity contribution in [1.82, 2.24) is 5.32 Å². The minimum atomic E-state index is 0.152. The van der Waals surface area contributed by atoms with E-state index in [1.807, 2.05) is 18.2 Å². The van der Waals surface area contributed by atoms with E-state index in [2.05, 4.69) is 26.1 Å². The number of amides is 1. The summed E-state index contributed by atoms with van der Waals surface area (Å²) in [6.45, 7) is 1.81. The van der Waals surface area contributed by atoms with Gasteiger partial charge in [0.2, 0.25) is 5.91 Å². The molecule has 0 radical (unpaired) electrons. The number of nitrogens with one attached hydrogen (secondary N) is 1. The second-order valence-electron chi connectivity index (χ2n) is 4.59. The van der Waals surface area contributed by atoms with Crippen LogP contribution >= 0.6 is 15.9 Å². The lowest BCUT2D eigenvalue weighted by molar-refractivity contribution is -0.125. The Morgan fingerprint density at radius 3 is 2.67 bits per heavy atom. The lowest BCUT2D eigenvalue weighted by Gasteiger charge is -2.33. The van der Waals surface area contributed by atoms with E-state index in [1.54, 1.807) is 7.05 Å². The Morgan fingerprint density at radius 2 is 2.11 bits per heavy atom. The van der Waals surface area contributed by atoms with Crippen LogP contribution in [0.5, 0.6) is 0 Å². The molecule has 0 saturated carbocycles. The van der Waals surface area contributed by atoms with Crippen molar-refractivity contribution >= 4 is 33.2 Å². The number of hydrogen-bond donors (Lipinski definition) is 2. The molecule has 1 amide bonds. The van der Waals surface area contributed by atoms with E-state index in [1.165, 1.54) is 0 Å². The molecule has 0 aliphatic carbocycles. The molecule has 0 spiro atoms. The average Bonchev–Trinajstić information content (AvgIpc) is 2.38. The van der Waals surface area contributed by atoms with Crippen LogP contribution in [0.25, 0.3) is 0 Å². The predicted octanol–water partition coefficient (Wildman–Crippen LogP) is 1.99. The van der Waals surface area contributed by atoms with Crippen molar-refractivity contribution in [3.05, 3.63) is 22.7 Å². The molecular weight excluding hydrogens is 294 g/mol. The van der Waals surface area contributed by atoms with Gasteiger partial charge in [-0.1, -0.05) is 0 Å². The molecule has 0 aromatic heterocycles. The van der Waals surface area contributed by atoms with Gasteiger partial charge in [-0.3, -0.25) is 4.79 Å². The number of halogens is 1. The molecule has 1 aromatic rings. The first-order valence-corrected chi connectivity index (χ1v) is 6.92. The van der Waals surface area contributed by atoms with Crippen LogP contribution in [-0.4, -0.2) is 26.0 Å². The first kappa shape index (κ1) is 13.2. The van der Waals surface area contributed by atoms with Crippen LogP contribution in [0.2, 0.25) is 0 Å². The number of nitrogens with zero attached hydrogens (tertiary/aromatic N) is 1. The average molecular weight is 312 g/mol. The highest BCUT2D eigenvalue weighted by atomic mass is 79.9. The number of hydrogen-bond acceptors (Lipinski definition) is 3. The van der Waals surface area contributed by atoms with Crippen LogP contribution in [0.3, 0.4) is 0 Å². The molecule has 0 atom stereocenters. The molecule has 1 aliphatic heterocycles. The molecule has 1 heterocycles. The predicted molar refractivity (Wildman–Crippen MR) is 77.6 cm³/mol. The van der Waals surface area contributed by atoms with Crippen molar-refractivity contribution in [1.29, 1.82) is 0 Å². The van der Waals surface area contributed by atoms with Crippen LogP contribution in [0, 0.1) is 5.92 Å². The maximum absolute atomic E-state index is 11.6. The molecule has 2 rings (SSSR count). The van der Waals surface area contributed by atoms with Gasteiger partial charge in [0.1, 0.15) is 0 Å². The number of rotatable bonds is 2. The zero-order valence-corrected chi connectivity index (χ0v) is 12.0. The third kappa shape index (κ3) is 2.77. The highest BCUT2D eigenvalue weighted by Crippen LogP contribution is 2.31. The summed E-state index contributed by atoms with van der Waals surface area (Å²) in [6, 6.07) is 5.85. The Bertz CT molecular complexity index is 442. The van der Waals surface area contributed by atoms with Gasteiger partial charge in [0.05, 0.1) is 5.69 Å². The van der Waals surface area contributed by atoms with Gasteiger partial charge in [0, 0.05) is 36.2 Å². The maximum Gasteiger partial charge on any atom is 0.222 e. The number of carbonyl (C=O) groups excluding carboxylic acids is 1. The van der Waals surface area contributed by atoms with Gasteiger partial charge < -0.3 is 16.0 Å². The minimum absolute atomic E-state index is 0.152. The summed E-state index contributed by atoms with van der Waals surface area (Å²) in [5.74, 6) is 0.310. The van der Waals surface area contributed by atoms with E-state index >= 15 is 0 Å². The van der Waals surface area contributed by atoms with Gasteiger partial charge in [-0.25, -0.2) is 0 Å². The normalized spacial score (nSPS) is 16.7. The second kappa shape index (κ2) is 5.61. The molecule has 5 heteroatoms. The van der Waals surface area contributed by atoms with Crippen LogP contribution in [-0.2, 0) is 4.79 Å². The van der Waals surface area contributed by atoms with Gasteiger partial charge in [-0.2, -0.15) is 0 Å². The lowest BCUT2D eigenvalue weighted by atomic mass is 9.95. The van der Waals surface area contributed by atoms with Crippen LogP contribution in [0.1, 0.15) is 12.8 Å². The molecule has 0 unspecified atom stereocenters. The number of anilines is 2. The van der Waals surface area contributed by atoms with Crippen molar-refractivity contribution in [3.8, 4) is 0 Å². The highest BCUT2D eigenvalue weighted by Gasteiger charge is 2.24. The molecule has 1 aliphatic rings. The quantitative estimate of drug-likeness (QED) is 0.821. The van der Waals surface area contributed by atoms with E-state index in [9.17, 15) is 4.79 Å². The number of benzene rings is 1. The van der Waals surface area contributed by atoms with E-state index < -0.39 is 0 Å². The third-order valence-electron chi connectivity index (χ3n) is 3.42. The third-order valence-corrected chi connectivity index (χ3v) is 4.06. The molecule has 1 saturated heterocycles. The van der Waals surface area contributed by atoms with Crippen molar-refractivity contribution in [2.24, 2.45) is 5.92 Å². The number of piperidine rings is 1. The first-order valence-electron chi connectivity index (χ1n) is 6.13. The fraction of sp³-hybridized carbons (Fsp3) is 0.462. The van der Waals surface area contributed by atoms with E-state index in [0.29, 0.717) is 0 Å². The summed E-state index contributed by atoms with van der Waals surface area (Å²) in [4.78, 5) is 13.9. The maximum atomic E-state index is 11.6. The molecule has 4 nitrogen and oxygen atoms in total. The molecule has 0 bridgehead atoms. The molecule has 1 aromatic carbocycles. The fourth-order valence-electron chi connectivity index (χ4n) is 2.37. The Morgan fingerprint density at radius 1 is 1.44 bits per heavy atom. The highest BCUT2D eigenvalue weighted by molar-refractivity contribution is 9.10. The number of nitrogens with two attached hydrogens (primary N) is 1. The van der Waals surface area contributed by atoms with Crippen LogP contribution in [0.4, 0.5) is 11.4 Å². The Kier molecular flexibility index (Phi) is 4.11. The minimum Gasteiger partial charge on any atom is -0.399 e. The Balaban J connectivity index is 2.03. The number of carbonyl (C=O) groups is 1. The van der Waals surface area contributed by atoms with Gasteiger partial charge in [-0.05, 0) is 47.0 Å². The topological polar surface area (TPSA) is 58.4 Å². The van der Waals surface area contributed by atoms with Crippen LogP contribution in [0.15, 0.2) is 22.7 Å². The van der Waals surface area contributed by atoms with Gasteiger partial charge >= 0.3 is 0 Å². The van der Waals surface area contributed by atoms with Crippen molar-refractivity contribution in [2.75, 3.05) is 30.8 Å². The summed E-state index contributed by atoms with van der Waals surface area (Å²) in [5, 5.41) is 2.72. The summed E-state index contributed by atoms with van der Waals surface area (Å²) < 4.78 is 1.01. The second-order valence-corrected chi connectivity index (χ2v) is 5.44. The monoisotopic (exact) mass is 311 g/mol. The van der Waals surface area contributed by atoms with Crippen molar-refractivity contribution in [2.45, 2.75) is 12.8 Å².